The van der Waals surface area contributed by atoms with Crippen LogP contribution in [0.15, 0.2) is 23.7 Å². The van der Waals surface area contributed by atoms with Crippen LogP contribution < -0.4 is 0 Å². The Kier molecular flexibility index (Phi) is 5.74. The van der Waals surface area contributed by atoms with Crippen molar-refractivity contribution in [2.45, 2.75) is 46.0 Å². The van der Waals surface area contributed by atoms with Crippen LogP contribution in [-0.4, -0.2) is 14.1 Å². The van der Waals surface area contributed by atoms with Crippen molar-refractivity contribution in [1.29, 1.82) is 0 Å². The minimum atomic E-state index is 0.570. The molecule has 0 aromatic carbocycles. The van der Waals surface area contributed by atoms with Gasteiger partial charge in [-0.3, -0.25) is 0 Å². The van der Waals surface area contributed by atoms with Gasteiger partial charge in [0.2, 0.25) is 0 Å². The van der Waals surface area contributed by atoms with Crippen molar-refractivity contribution in [2.75, 3.05) is 0 Å². The monoisotopic (exact) mass is 230 g/mol. The molecule has 3 unspecified atom stereocenters. The summed E-state index contributed by atoms with van der Waals surface area (Å²) in [5, 5.41) is 0. The fourth-order valence-corrected chi connectivity index (χ4v) is 2.84. The van der Waals surface area contributed by atoms with E-state index in [2.05, 4.69) is 26.5 Å². The van der Waals surface area contributed by atoms with E-state index in [0.29, 0.717) is 24.2 Å². The van der Waals surface area contributed by atoms with E-state index in [4.69, 9.17) is 7.85 Å². The number of carbonyl (C=O) groups is 1. The van der Waals surface area contributed by atoms with Crippen LogP contribution in [0.3, 0.4) is 0 Å². The molecular weight excluding hydrogens is 207 g/mol. The zero-order valence-electron chi connectivity index (χ0n) is 11.1. The second kappa shape index (κ2) is 6.83. The molecule has 0 aromatic rings. The largest absolute Gasteiger partial charge is 0.303 e. The molecule has 0 amide bonds. The SMILES string of the molecule is [B]C1=CCC(C(=C)C)C(CC(C)CCC=O)C1. The Morgan fingerprint density at radius 3 is 3.00 bits per heavy atom. The fourth-order valence-electron chi connectivity index (χ4n) is 2.84. The van der Waals surface area contributed by atoms with Crippen molar-refractivity contribution >= 4 is 14.1 Å². The number of hydrogen-bond donors (Lipinski definition) is 0. The summed E-state index contributed by atoms with van der Waals surface area (Å²) in [5.41, 5.74) is 2.29. The molecule has 0 spiro atoms. The number of allylic oxidation sites excluding steroid dienone is 3. The van der Waals surface area contributed by atoms with Gasteiger partial charge in [-0.2, -0.15) is 0 Å². The first-order valence-corrected chi connectivity index (χ1v) is 6.58. The molecule has 0 saturated carbocycles. The minimum Gasteiger partial charge on any atom is -0.303 e. The van der Waals surface area contributed by atoms with Crippen molar-refractivity contribution in [3.05, 3.63) is 23.7 Å². The van der Waals surface area contributed by atoms with Gasteiger partial charge in [0.25, 0.3) is 0 Å². The highest BCUT2D eigenvalue weighted by molar-refractivity contribution is 6.21. The van der Waals surface area contributed by atoms with E-state index >= 15 is 0 Å². The molecule has 1 aliphatic carbocycles. The zero-order chi connectivity index (χ0) is 12.8. The molecule has 17 heavy (non-hydrogen) atoms. The van der Waals surface area contributed by atoms with Crippen LogP contribution in [0.1, 0.15) is 46.0 Å². The normalized spacial score (nSPS) is 26.1. The molecule has 0 N–H and O–H groups in total. The van der Waals surface area contributed by atoms with Crippen LogP contribution in [0.5, 0.6) is 0 Å². The average Bonchev–Trinajstić information content (AvgIpc) is 2.26. The minimum absolute atomic E-state index is 0.570. The Hall–Kier alpha value is -0.785. The second-order valence-corrected chi connectivity index (χ2v) is 5.52. The number of carbonyl (C=O) groups excluding carboxylic acids is 1. The molecule has 92 valence electrons. The summed E-state index contributed by atoms with van der Waals surface area (Å²) in [6.45, 7) is 8.44. The molecule has 2 heteroatoms. The lowest BCUT2D eigenvalue weighted by Gasteiger charge is -2.33. The van der Waals surface area contributed by atoms with E-state index < -0.39 is 0 Å². The maximum atomic E-state index is 10.4. The molecule has 0 saturated heterocycles. The molecule has 1 nitrogen and oxygen atoms in total. The Bertz CT molecular complexity index is 306. The van der Waals surface area contributed by atoms with Crippen LogP contribution in [0.2, 0.25) is 0 Å². The molecule has 0 bridgehead atoms. The number of aldehydes is 1. The first-order chi connectivity index (χ1) is 8.04. The Morgan fingerprint density at radius 1 is 1.71 bits per heavy atom. The summed E-state index contributed by atoms with van der Waals surface area (Å²) < 4.78 is 0. The summed E-state index contributed by atoms with van der Waals surface area (Å²) in [6, 6.07) is 0. The maximum absolute atomic E-state index is 10.4. The first-order valence-electron chi connectivity index (χ1n) is 6.58. The molecule has 1 aliphatic rings. The van der Waals surface area contributed by atoms with Crippen LogP contribution in [0.25, 0.3) is 0 Å². The number of rotatable bonds is 6. The van der Waals surface area contributed by atoms with Gasteiger partial charge in [0, 0.05) is 6.42 Å². The summed E-state index contributed by atoms with van der Waals surface area (Å²) >= 11 is 0. The van der Waals surface area contributed by atoms with Crippen molar-refractivity contribution in [1.82, 2.24) is 0 Å². The van der Waals surface area contributed by atoms with Crippen LogP contribution in [0, 0.1) is 17.8 Å². The van der Waals surface area contributed by atoms with E-state index in [1.807, 2.05) is 0 Å². The standard InChI is InChI=1S/C15H23BO/c1-11(2)15-7-6-14(16)10-13(15)9-12(3)5-4-8-17/h6,8,12-13,15H,1,4-5,7,9-10H2,2-3H3. The predicted molar refractivity (Wildman–Crippen MR) is 73.9 cm³/mol. The molecule has 0 aromatic heterocycles. The van der Waals surface area contributed by atoms with Crippen LogP contribution in [0.4, 0.5) is 0 Å². The Labute approximate surface area is 107 Å². The number of hydrogen-bond acceptors (Lipinski definition) is 1. The highest BCUT2D eigenvalue weighted by atomic mass is 16.1. The van der Waals surface area contributed by atoms with E-state index in [9.17, 15) is 4.79 Å². The van der Waals surface area contributed by atoms with E-state index in [-0.39, 0.29) is 0 Å². The maximum Gasteiger partial charge on any atom is 0.120 e. The lowest BCUT2D eigenvalue weighted by molar-refractivity contribution is -0.108. The smallest absolute Gasteiger partial charge is 0.120 e. The quantitative estimate of drug-likeness (QED) is 0.386. The summed E-state index contributed by atoms with van der Waals surface area (Å²) in [5.74, 6) is 1.78. The van der Waals surface area contributed by atoms with E-state index in [0.717, 1.165) is 37.4 Å². The average molecular weight is 230 g/mol. The third-order valence-corrected chi connectivity index (χ3v) is 3.82. The van der Waals surface area contributed by atoms with Crippen LogP contribution in [-0.2, 0) is 4.79 Å². The molecule has 3 atom stereocenters. The Morgan fingerprint density at radius 2 is 2.41 bits per heavy atom. The molecule has 1 rings (SSSR count). The van der Waals surface area contributed by atoms with Gasteiger partial charge in [-0.25, -0.2) is 0 Å². The van der Waals surface area contributed by atoms with Gasteiger partial charge in [-0.05, 0) is 50.4 Å². The summed E-state index contributed by atoms with van der Waals surface area (Å²) in [4.78, 5) is 10.4. The van der Waals surface area contributed by atoms with Gasteiger partial charge in [-0.15, -0.1) is 5.47 Å². The molecular formula is C15H23BO. The predicted octanol–water partition coefficient (Wildman–Crippen LogP) is 3.65. The third-order valence-electron chi connectivity index (χ3n) is 3.82. The van der Waals surface area contributed by atoms with Gasteiger partial charge in [0.05, 0.1) is 0 Å². The van der Waals surface area contributed by atoms with Gasteiger partial charge < -0.3 is 4.79 Å². The molecule has 0 heterocycles. The highest BCUT2D eigenvalue weighted by Gasteiger charge is 2.26. The zero-order valence-corrected chi connectivity index (χ0v) is 11.1. The van der Waals surface area contributed by atoms with Gasteiger partial charge >= 0.3 is 0 Å². The summed E-state index contributed by atoms with van der Waals surface area (Å²) in [7, 11) is 5.94. The topological polar surface area (TPSA) is 17.1 Å². The van der Waals surface area contributed by atoms with E-state index in [1.54, 1.807) is 0 Å². The second-order valence-electron chi connectivity index (χ2n) is 5.52. The Balaban J connectivity index is 2.56. The molecule has 0 fully saturated rings. The van der Waals surface area contributed by atoms with Crippen molar-refractivity contribution in [3.8, 4) is 0 Å². The van der Waals surface area contributed by atoms with Crippen molar-refractivity contribution in [3.63, 3.8) is 0 Å². The molecule has 0 aliphatic heterocycles. The van der Waals surface area contributed by atoms with Gasteiger partial charge in [0.1, 0.15) is 14.1 Å². The van der Waals surface area contributed by atoms with Crippen LogP contribution >= 0.6 is 0 Å². The summed E-state index contributed by atoms with van der Waals surface area (Å²) in [6.07, 6.45) is 8.01. The lowest BCUT2D eigenvalue weighted by atomic mass is 9.69. The lowest BCUT2D eigenvalue weighted by Crippen LogP contribution is -2.22. The van der Waals surface area contributed by atoms with E-state index in [1.165, 1.54) is 5.57 Å². The molecule has 2 radical (unpaired) electrons. The van der Waals surface area contributed by atoms with Gasteiger partial charge in [-0.1, -0.05) is 25.2 Å². The fraction of sp³-hybridized carbons (Fsp3) is 0.667. The van der Waals surface area contributed by atoms with Gasteiger partial charge in [0.15, 0.2) is 0 Å². The van der Waals surface area contributed by atoms with Crippen molar-refractivity contribution < 1.29 is 4.79 Å². The third kappa shape index (κ3) is 4.53. The first kappa shape index (κ1) is 14.3. The van der Waals surface area contributed by atoms with Crippen molar-refractivity contribution in [2.24, 2.45) is 17.8 Å². The highest BCUT2D eigenvalue weighted by Crippen LogP contribution is 2.37.